The summed E-state index contributed by atoms with van der Waals surface area (Å²) in [6.07, 6.45) is 2.96. The smallest absolute Gasteiger partial charge is 0.238 e. The van der Waals surface area contributed by atoms with Gasteiger partial charge in [0.05, 0.1) is 12.7 Å². The van der Waals surface area contributed by atoms with Crippen molar-refractivity contribution in [2.75, 3.05) is 30.3 Å². The van der Waals surface area contributed by atoms with Crippen LogP contribution < -0.4 is 10.6 Å². The number of piperidine rings is 1. The first kappa shape index (κ1) is 23.1. The van der Waals surface area contributed by atoms with Crippen molar-refractivity contribution in [2.45, 2.75) is 32.6 Å². The minimum Gasteiger partial charge on any atom is -0.325 e. The fraction of sp³-hybridized carbons (Fsp3) is 0.333. The van der Waals surface area contributed by atoms with Gasteiger partial charge in [-0.2, -0.15) is 0 Å². The third kappa shape index (κ3) is 6.03. The Morgan fingerprint density at radius 3 is 2.67 bits per heavy atom. The Labute approximate surface area is 197 Å². The third-order valence-corrected chi connectivity index (χ3v) is 6.17. The maximum atomic E-state index is 13.1. The molecular weight excluding hydrogens is 443 g/mol. The molecule has 2 aromatic heterocycles. The number of hydrogen-bond acceptors (Lipinski definition) is 6. The Morgan fingerprint density at radius 1 is 1.15 bits per heavy atom. The highest BCUT2D eigenvalue weighted by molar-refractivity contribution is 6.31. The SMILES string of the molecule is Cc1nc(Nc2ccc(F)cn2)cc(C2CCN(CC(=O)Nc3cccc(Cl)c3C)CC2)n1. The summed E-state index contributed by atoms with van der Waals surface area (Å²) >= 11 is 6.14. The molecular formula is C24H26ClFN6O. The molecule has 2 N–H and O–H groups in total. The average Bonchev–Trinajstić information content (AvgIpc) is 2.78. The minimum atomic E-state index is -0.386. The van der Waals surface area contributed by atoms with Crippen molar-refractivity contribution in [1.82, 2.24) is 19.9 Å². The molecule has 1 aliphatic heterocycles. The second-order valence-corrected chi connectivity index (χ2v) is 8.63. The molecule has 0 unspecified atom stereocenters. The van der Waals surface area contributed by atoms with E-state index in [9.17, 15) is 9.18 Å². The molecule has 0 atom stereocenters. The van der Waals surface area contributed by atoms with E-state index in [1.165, 1.54) is 6.07 Å². The van der Waals surface area contributed by atoms with Crippen molar-refractivity contribution < 1.29 is 9.18 Å². The topological polar surface area (TPSA) is 83.0 Å². The van der Waals surface area contributed by atoms with E-state index in [2.05, 4.69) is 30.5 Å². The first-order valence-electron chi connectivity index (χ1n) is 10.9. The highest BCUT2D eigenvalue weighted by atomic mass is 35.5. The lowest BCUT2D eigenvalue weighted by Crippen LogP contribution is -2.39. The van der Waals surface area contributed by atoms with Gasteiger partial charge in [-0.15, -0.1) is 0 Å². The molecule has 1 aliphatic rings. The number of hydrogen-bond donors (Lipinski definition) is 2. The Morgan fingerprint density at radius 2 is 1.94 bits per heavy atom. The van der Waals surface area contributed by atoms with Crippen molar-refractivity contribution in [3.63, 3.8) is 0 Å². The molecule has 0 spiro atoms. The Balaban J connectivity index is 1.33. The van der Waals surface area contributed by atoms with Gasteiger partial charge in [-0.05, 0) is 69.6 Å². The third-order valence-electron chi connectivity index (χ3n) is 5.76. The summed E-state index contributed by atoms with van der Waals surface area (Å²) in [4.78, 5) is 27.8. The summed E-state index contributed by atoms with van der Waals surface area (Å²) in [5.41, 5.74) is 2.57. The molecule has 3 heterocycles. The lowest BCUT2D eigenvalue weighted by Gasteiger charge is -2.31. The van der Waals surface area contributed by atoms with E-state index in [0.29, 0.717) is 29.0 Å². The van der Waals surface area contributed by atoms with E-state index in [1.807, 2.05) is 38.1 Å². The van der Waals surface area contributed by atoms with Gasteiger partial charge >= 0.3 is 0 Å². The number of nitrogens with zero attached hydrogens (tertiary/aromatic N) is 4. The molecule has 0 radical (unpaired) electrons. The number of rotatable bonds is 6. The molecule has 0 saturated carbocycles. The lowest BCUT2D eigenvalue weighted by atomic mass is 9.93. The van der Waals surface area contributed by atoms with E-state index in [-0.39, 0.29) is 17.6 Å². The highest BCUT2D eigenvalue weighted by Crippen LogP contribution is 2.29. The van der Waals surface area contributed by atoms with Gasteiger partial charge in [0.1, 0.15) is 23.3 Å². The van der Waals surface area contributed by atoms with Gasteiger partial charge in [-0.3, -0.25) is 9.69 Å². The lowest BCUT2D eigenvalue weighted by molar-refractivity contribution is -0.117. The number of nitrogens with one attached hydrogen (secondary N) is 2. The monoisotopic (exact) mass is 468 g/mol. The summed E-state index contributed by atoms with van der Waals surface area (Å²) < 4.78 is 13.1. The largest absolute Gasteiger partial charge is 0.325 e. The van der Waals surface area contributed by atoms with E-state index in [4.69, 9.17) is 11.6 Å². The van der Waals surface area contributed by atoms with Crippen LogP contribution in [0.1, 0.15) is 35.8 Å². The zero-order chi connectivity index (χ0) is 23.4. The number of aromatic nitrogens is 3. The quantitative estimate of drug-likeness (QED) is 0.538. The molecule has 7 nitrogen and oxygen atoms in total. The number of benzene rings is 1. The first-order valence-corrected chi connectivity index (χ1v) is 11.3. The van der Waals surface area contributed by atoms with Crippen LogP contribution >= 0.6 is 11.6 Å². The summed E-state index contributed by atoms with van der Waals surface area (Å²) in [6.45, 7) is 5.69. The fourth-order valence-corrected chi connectivity index (χ4v) is 4.14. The van der Waals surface area contributed by atoms with Crippen LogP contribution in [-0.2, 0) is 4.79 Å². The number of amides is 1. The van der Waals surface area contributed by atoms with Gasteiger partial charge in [0.2, 0.25) is 5.91 Å². The second kappa shape index (κ2) is 10.2. The normalized spacial score (nSPS) is 14.8. The summed E-state index contributed by atoms with van der Waals surface area (Å²) in [5, 5.41) is 6.71. The predicted molar refractivity (Wildman–Crippen MR) is 127 cm³/mol. The van der Waals surface area contributed by atoms with Gasteiger partial charge in [-0.25, -0.2) is 19.3 Å². The first-order chi connectivity index (χ1) is 15.9. The van der Waals surface area contributed by atoms with Crippen LogP contribution in [-0.4, -0.2) is 45.4 Å². The van der Waals surface area contributed by atoms with Crippen LogP contribution in [0.3, 0.4) is 0 Å². The highest BCUT2D eigenvalue weighted by Gasteiger charge is 2.24. The van der Waals surface area contributed by atoms with Crippen molar-refractivity contribution in [2.24, 2.45) is 0 Å². The molecule has 0 bridgehead atoms. The number of aryl methyl sites for hydroxylation is 1. The summed E-state index contributed by atoms with van der Waals surface area (Å²) in [7, 11) is 0. The molecule has 4 rings (SSSR count). The number of halogens is 2. The van der Waals surface area contributed by atoms with Gasteiger partial charge in [0.15, 0.2) is 0 Å². The van der Waals surface area contributed by atoms with Crippen LogP contribution in [0.4, 0.5) is 21.7 Å². The predicted octanol–water partition coefficient (Wildman–Crippen LogP) is 4.84. The molecule has 1 fully saturated rings. The number of carbonyl (C=O) groups excluding carboxylic acids is 1. The molecule has 9 heteroatoms. The number of carbonyl (C=O) groups is 1. The van der Waals surface area contributed by atoms with E-state index < -0.39 is 0 Å². The standard InChI is InChI=1S/C24H26ClFN6O/c1-15-19(25)4-3-5-20(15)30-24(33)14-32-10-8-17(9-11-32)21-12-23(29-16(2)28-21)31-22-7-6-18(26)13-27-22/h3-7,12-13,17H,8-11,14H2,1-2H3,(H,30,33)(H,27,28,29,31). The van der Waals surface area contributed by atoms with Crippen LogP contribution in [0.5, 0.6) is 0 Å². The Kier molecular flexibility index (Phi) is 7.15. The zero-order valence-corrected chi connectivity index (χ0v) is 19.4. The Hall–Kier alpha value is -3.10. The minimum absolute atomic E-state index is 0.0463. The van der Waals surface area contributed by atoms with Crippen LogP contribution in [0.25, 0.3) is 0 Å². The van der Waals surface area contributed by atoms with Crippen molar-refractivity contribution in [3.05, 3.63) is 70.5 Å². The van der Waals surface area contributed by atoms with E-state index in [0.717, 1.165) is 49.1 Å². The van der Waals surface area contributed by atoms with Gasteiger partial charge in [0.25, 0.3) is 0 Å². The molecule has 1 saturated heterocycles. The maximum absolute atomic E-state index is 13.1. The Bertz CT molecular complexity index is 1130. The fourth-order valence-electron chi connectivity index (χ4n) is 3.97. The second-order valence-electron chi connectivity index (χ2n) is 8.22. The average molecular weight is 469 g/mol. The number of likely N-dealkylation sites (tertiary alicyclic amines) is 1. The maximum Gasteiger partial charge on any atom is 0.238 e. The van der Waals surface area contributed by atoms with Crippen LogP contribution in [0.15, 0.2) is 42.6 Å². The molecule has 1 aromatic carbocycles. The molecule has 3 aromatic rings. The van der Waals surface area contributed by atoms with Crippen molar-refractivity contribution >= 4 is 34.8 Å². The van der Waals surface area contributed by atoms with Crippen LogP contribution in [0, 0.1) is 19.7 Å². The van der Waals surface area contributed by atoms with E-state index >= 15 is 0 Å². The van der Waals surface area contributed by atoms with Crippen molar-refractivity contribution in [1.29, 1.82) is 0 Å². The zero-order valence-electron chi connectivity index (χ0n) is 18.6. The van der Waals surface area contributed by atoms with Gasteiger partial charge < -0.3 is 10.6 Å². The van der Waals surface area contributed by atoms with Crippen LogP contribution in [0.2, 0.25) is 5.02 Å². The van der Waals surface area contributed by atoms with Gasteiger partial charge in [0, 0.05) is 28.4 Å². The molecule has 33 heavy (non-hydrogen) atoms. The van der Waals surface area contributed by atoms with E-state index in [1.54, 1.807) is 6.07 Å². The number of anilines is 3. The molecule has 1 amide bonds. The number of pyridine rings is 1. The molecule has 172 valence electrons. The molecule has 0 aliphatic carbocycles. The summed E-state index contributed by atoms with van der Waals surface area (Å²) in [5.74, 6) is 1.67. The van der Waals surface area contributed by atoms with Crippen molar-refractivity contribution in [3.8, 4) is 0 Å². The van der Waals surface area contributed by atoms with Gasteiger partial charge in [-0.1, -0.05) is 17.7 Å². The summed E-state index contributed by atoms with van der Waals surface area (Å²) in [6, 6.07) is 10.3.